The monoisotopic (exact) mass is 227 g/mol. The summed E-state index contributed by atoms with van der Waals surface area (Å²) in [4.78, 5) is 4.95. The Morgan fingerprint density at radius 1 is 0.812 bits per heavy atom. The molecular formula is C12H23N2O2. The van der Waals surface area contributed by atoms with Crippen LogP contribution in [0.4, 0.5) is 0 Å². The largest absolute Gasteiger partial charge is 0.379 e. The van der Waals surface area contributed by atoms with Gasteiger partial charge in [-0.25, -0.2) is 0 Å². The van der Waals surface area contributed by atoms with Crippen molar-refractivity contribution >= 4 is 0 Å². The topological polar surface area (TPSA) is 24.9 Å². The van der Waals surface area contributed by atoms with Crippen LogP contribution in [-0.4, -0.2) is 75.5 Å². The third-order valence-corrected chi connectivity index (χ3v) is 3.24. The highest BCUT2D eigenvalue weighted by Gasteiger charge is 2.11. The number of hydrogen-bond acceptors (Lipinski definition) is 4. The van der Waals surface area contributed by atoms with Crippen LogP contribution in [0.1, 0.15) is 6.42 Å². The van der Waals surface area contributed by atoms with Crippen molar-refractivity contribution in [2.75, 3.05) is 65.7 Å². The Morgan fingerprint density at radius 3 is 2.00 bits per heavy atom. The molecular weight excluding hydrogens is 204 g/mol. The van der Waals surface area contributed by atoms with Crippen LogP contribution in [0.15, 0.2) is 0 Å². The Morgan fingerprint density at radius 2 is 1.38 bits per heavy atom. The Kier molecular flexibility index (Phi) is 5.55. The molecule has 93 valence electrons. The summed E-state index contributed by atoms with van der Waals surface area (Å²) in [7, 11) is 0. The smallest absolute Gasteiger partial charge is 0.0594 e. The molecule has 0 aromatic heterocycles. The zero-order valence-electron chi connectivity index (χ0n) is 10.1. The highest BCUT2D eigenvalue weighted by molar-refractivity contribution is 4.75. The van der Waals surface area contributed by atoms with Crippen LogP contribution < -0.4 is 0 Å². The molecule has 0 N–H and O–H groups in total. The van der Waals surface area contributed by atoms with Gasteiger partial charge in [0.2, 0.25) is 0 Å². The summed E-state index contributed by atoms with van der Waals surface area (Å²) >= 11 is 0. The molecule has 0 aromatic rings. The van der Waals surface area contributed by atoms with Gasteiger partial charge >= 0.3 is 0 Å². The first kappa shape index (κ1) is 12.3. The maximum atomic E-state index is 5.33. The lowest BCUT2D eigenvalue weighted by Crippen LogP contribution is -2.38. The number of morpholine rings is 2. The van der Waals surface area contributed by atoms with E-state index in [-0.39, 0.29) is 0 Å². The normalized spacial score (nSPS) is 24.8. The predicted octanol–water partition coefficient (Wildman–Crippen LogP) is 0.245. The highest BCUT2D eigenvalue weighted by Crippen LogP contribution is 2.02. The van der Waals surface area contributed by atoms with Crippen LogP contribution in [0.5, 0.6) is 0 Å². The summed E-state index contributed by atoms with van der Waals surface area (Å²) < 4.78 is 10.7. The standard InChI is InChI=1S/C12H23N2O2/c1(3-13-5-9-15-10-6-13)2-4-14-7-11-16-12-8-14/h1H,2-12H2. The van der Waals surface area contributed by atoms with E-state index in [0.29, 0.717) is 0 Å². The molecule has 0 unspecified atom stereocenters. The van der Waals surface area contributed by atoms with Gasteiger partial charge in [0, 0.05) is 32.7 Å². The molecule has 2 aliphatic rings. The minimum atomic E-state index is 0.900. The van der Waals surface area contributed by atoms with Gasteiger partial charge in [-0.15, -0.1) is 0 Å². The molecule has 0 aromatic carbocycles. The molecule has 0 spiro atoms. The predicted molar refractivity (Wildman–Crippen MR) is 63.4 cm³/mol. The molecule has 2 rings (SSSR count). The fraction of sp³-hybridized carbons (Fsp3) is 0.917. The maximum Gasteiger partial charge on any atom is 0.0594 e. The molecule has 16 heavy (non-hydrogen) atoms. The molecule has 0 amide bonds. The number of nitrogens with zero attached hydrogens (tertiary/aromatic N) is 2. The van der Waals surface area contributed by atoms with E-state index in [9.17, 15) is 0 Å². The zero-order chi connectivity index (χ0) is 11.1. The second kappa shape index (κ2) is 7.22. The van der Waals surface area contributed by atoms with Crippen LogP contribution in [0.3, 0.4) is 0 Å². The van der Waals surface area contributed by atoms with Gasteiger partial charge in [0.1, 0.15) is 0 Å². The van der Waals surface area contributed by atoms with Crippen LogP contribution in [0.25, 0.3) is 0 Å². The number of unbranched alkanes of at least 4 members (excludes halogenated alkanes) is 1. The van der Waals surface area contributed by atoms with Crippen molar-refractivity contribution in [3.63, 3.8) is 0 Å². The summed E-state index contributed by atoms with van der Waals surface area (Å²) in [6.45, 7) is 10.3. The van der Waals surface area contributed by atoms with E-state index >= 15 is 0 Å². The summed E-state index contributed by atoms with van der Waals surface area (Å²) in [5.41, 5.74) is 0. The van der Waals surface area contributed by atoms with Crippen molar-refractivity contribution in [2.45, 2.75) is 6.42 Å². The van der Waals surface area contributed by atoms with Gasteiger partial charge in [-0.2, -0.15) is 0 Å². The van der Waals surface area contributed by atoms with Gasteiger partial charge in [-0.05, 0) is 19.4 Å². The quantitative estimate of drug-likeness (QED) is 0.628. The molecule has 2 saturated heterocycles. The third kappa shape index (κ3) is 4.37. The fourth-order valence-corrected chi connectivity index (χ4v) is 2.16. The molecule has 4 nitrogen and oxygen atoms in total. The molecule has 0 bridgehead atoms. The van der Waals surface area contributed by atoms with Crippen molar-refractivity contribution in [3.05, 3.63) is 6.42 Å². The SMILES string of the molecule is [CH](CCN1CCOCC1)CN1CCOCC1. The van der Waals surface area contributed by atoms with E-state index in [0.717, 1.165) is 59.2 Å². The van der Waals surface area contributed by atoms with Gasteiger partial charge in [0.25, 0.3) is 0 Å². The van der Waals surface area contributed by atoms with E-state index in [1.807, 2.05) is 0 Å². The van der Waals surface area contributed by atoms with Crippen LogP contribution in [-0.2, 0) is 9.47 Å². The first-order valence-corrected chi connectivity index (χ1v) is 6.37. The van der Waals surface area contributed by atoms with Crippen LogP contribution in [0, 0.1) is 6.42 Å². The van der Waals surface area contributed by atoms with Crippen molar-refractivity contribution in [3.8, 4) is 0 Å². The van der Waals surface area contributed by atoms with E-state index in [2.05, 4.69) is 16.2 Å². The van der Waals surface area contributed by atoms with Crippen molar-refractivity contribution in [1.82, 2.24) is 9.80 Å². The Labute approximate surface area is 98.5 Å². The van der Waals surface area contributed by atoms with Gasteiger partial charge in [-0.3, -0.25) is 9.80 Å². The molecule has 2 aliphatic heterocycles. The fourth-order valence-electron chi connectivity index (χ4n) is 2.16. The Bertz CT molecular complexity index is 158. The Balaban J connectivity index is 1.47. The molecule has 0 aliphatic carbocycles. The minimum absolute atomic E-state index is 0.900. The van der Waals surface area contributed by atoms with Gasteiger partial charge in [0.15, 0.2) is 0 Å². The Hall–Kier alpha value is -0.160. The first-order chi connectivity index (χ1) is 7.95. The van der Waals surface area contributed by atoms with E-state index in [1.54, 1.807) is 0 Å². The third-order valence-electron chi connectivity index (χ3n) is 3.24. The van der Waals surface area contributed by atoms with Crippen molar-refractivity contribution < 1.29 is 9.47 Å². The van der Waals surface area contributed by atoms with Crippen LogP contribution >= 0.6 is 0 Å². The average Bonchev–Trinajstić information content (AvgIpc) is 2.37. The van der Waals surface area contributed by atoms with E-state index in [1.165, 1.54) is 13.0 Å². The van der Waals surface area contributed by atoms with Crippen molar-refractivity contribution in [1.29, 1.82) is 0 Å². The minimum Gasteiger partial charge on any atom is -0.379 e. The summed E-state index contributed by atoms with van der Waals surface area (Å²) in [6.07, 6.45) is 3.60. The summed E-state index contributed by atoms with van der Waals surface area (Å²) in [5, 5.41) is 0. The average molecular weight is 227 g/mol. The lowest BCUT2D eigenvalue weighted by Gasteiger charge is -2.28. The van der Waals surface area contributed by atoms with Crippen LogP contribution in [0.2, 0.25) is 0 Å². The highest BCUT2D eigenvalue weighted by atomic mass is 16.5. The number of rotatable bonds is 5. The van der Waals surface area contributed by atoms with E-state index < -0.39 is 0 Å². The molecule has 4 heteroatoms. The number of hydrogen-bond donors (Lipinski definition) is 0. The maximum absolute atomic E-state index is 5.33. The molecule has 2 fully saturated rings. The first-order valence-electron chi connectivity index (χ1n) is 6.37. The summed E-state index contributed by atoms with van der Waals surface area (Å²) in [5.74, 6) is 0. The van der Waals surface area contributed by atoms with E-state index in [4.69, 9.17) is 9.47 Å². The lowest BCUT2D eigenvalue weighted by molar-refractivity contribution is 0.0352. The summed E-state index contributed by atoms with van der Waals surface area (Å²) in [6, 6.07) is 0. The second-order valence-corrected chi connectivity index (χ2v) is 4.44. The molecule has 0 saturated carbocycles. The van der Waals surface area contributed by atoms with Gasteiger partial charge in [-0.1, -0.05) is 0 Å². The number of ether oxygens (including phenoxy) is 2. The van der Waals surface area contributed by atoms with Crippen molar-refractivity contribution in [2.24, 2.45) is 0 Å². The van der Waals surface area contributed by atoms with Gasteiger partial charge in [0.05, 0.1) is 26.4 Å². The van der Waals surface area contributed by atoms with Gasteiger partial charge < -0.3 is 9.47 Å². The molecule has 1 radical (unpaired) electrons. The lowest BCUT2D eigenvalue weighted by atomic mass is 10.2. The zero-order valence-corrected chi connectivity index (χ0v) is 10.1. The molecule has 0 atom stereocenters. The second-order valence-electron chi connectivity index (χ2n) is 4.44. The molecule has 2 heterocycles.